The summed E-state index contributed by atoms with van der Waals surface area (Å²) in [5.74, 6) is -0.146. The van der Waals surface area contributed by atoms with Crippen LogP contribution in [0.3, 0.4) is 0 Å². The van der Waals surface area contributed by atoms with E-state index in [1.165, 1.54) is 0 Å². The number of amides is 3. The molecule has 9 heteroatoms. The fourth-order valence-corrected chi connectivity index (χ4v) is 3.77. The van der Waals surface area contributed by atoms with Crippen LogP contribution in [0.2, 0.25) is 0 Å². The Bertz CT molecular complexity index is 1300. The van der Waals surface area contributed by atoms with Gasteiger partial charge in [0.2, 0.25) is 0 Å². The molecule has 0 saturated heterocycles. The lowest BCUT2D eigenvalue weighted by molar-refractivity contribution is -0.120. The molecule has 36 heavy (non-hydrogen) atoms. The molecule has 0 unspecified atom stereocenters. The molecule has 1 heterocycles. The molecule has 3 aromatic rings. The van der Waals surface area contributed by atoms with E-state index in [1.807, 2.05) is 13.8 Å². The van der Waals surface area contributed by atoms with Crippen LogP contribution < -0.4 is 25.0 Å². The van der Waals surface area contributed by atoms with Gasteiger partial charge in [0.1, 0.15) is 22.2 Å². The van der Waals surface area contributed by atoms with Crippen LogP contribution in [0.5, 0.6) is 11.5 Å². The number of anilines is 3. The number of hydrogen-bond acceptors (Lipinski definition) is 6. The summed E-state index contributed by atoms with van der Waals surface area (Å²) in [6.45, 7) is 4.83. The third kappa shape index (κ3) is 5.34. The average molecular weight is 506 g/mol. The van der Waals surface area contributed by atoms with Crippen molar-refractivity contribution in [3.05, 3.63) is 89.1 Å². The molecule has 0 atom stereocenters. The van der Waals surface area contributed by atoms with Crippen LogP contribution in [-0.2, 0) is 9.59 Å². The Morgan fingerprint density at radius 3 is 1.86 bits per heavy atom. The normalized spacial score (nSPS) is 13.1. The second-order valence-electron chi connectivity index (χ2n) is 7.68. The summed E-state index contributed by atoms with van der Waals surface area (Å²) < 4.78 is 10.8. The van der Waals surface area contributed by atoms with Crippen LogP contribution in [0.1, 0.15) is 24.2 Å². The molecule has 0 fully saturated rings. The van der Waals surface area contributed by atoms with Crippen LogP contribution in [0.25, 0.3) is 0 Å². The Kier molecular flexibility index (Phi) is 7.56. The van der Waals surface area contributed by atoms with Gasteiger partial charge in [0.25, 0.3) is 17.7 Å². The van der Waals surface area contributed by atoms with E-state index in [4.69, 9.17) is 21.1 Å². The fraction of sp³-hybridized carbons (Fsp3) is 0.148. The SMILES string of the molecule is CCOc1ccc(NC(=O)c2ccc(NC3=C(Cl)C(=O)N(c4ccc(OCC)cc4)C3=O)cc2)cc1. The van der Waals surface area contributed by atoms with Crippen molar-refractivity contribution in [1.29, 1.82) is 0 Å². The smallest absolute Gasteiger partial charge is 0.283 e. The maximum absolute atomic E-state index is 13.0. The summed E-state index contributed by atoms with van der Waals surface area (Å²) in [4.78, 5) is 39.3. The zero-order chi connectivity index (χ0) is 25.7. The van der Waals surface area contributed by atoms with E-state index in [0.29, 0.717) is 41.6 Å². The molecular formula is C27H24ClN3O5. The Balaban J connectivity index is 1.42. The van der Waals surface area contributed by atoms with Gasteiger partial charge >= 0.3 is 0 Å². The number of nitrogens with one attached hydrogen (secondary N) is 2. The minimum absolute atomic E-state index is 0.0397. The molecule has 1 aliphatic rings. The standard InChI is InChI=1S/C27H24ClN3O5/c1-3-35-21-13-9-19(10-14-21)30-25(32)17-5-7-18(8-6-17)29-24-23(28)26(33)31(27(24)34)20-11-15-22(16-12-20)36-4-2/h5-16,29H,3-4H2,1-2H3,(H,30,32). The highest BCUT2D eigenvalue weighted by atomic mass is 35.5. The molecule has 1 aliphatic heterocycles. The van der Waals surface area contributed by atoms with Crippen molar-refractivity contribution < 1.29 is 23.9 Å². The van der Waals surface area contributed by atoms with Crippen LogP contribution in [0.4, 0.5) is 17.1 Å². The van der Waals surface area contributed by atoms with Crippen molar-refractivity contribution in [3.8, 4) is 11.5 Å². The fourth-order valence-electron chi connectivity index (χ4n) is 3.56. The van der Waals surface area contributed by atoms with Gasteiger partial charge in [-0.3, -0.25) is 14.4 Å². The molecule has 184 valence electrons. The van der Waals surface area contributed by atoms with Crippen molar-refractivity contribution in [2.75, 3.05) is 28.7 Å². The molecule has 0 aliphatic carbocycles. The summed E-state index contributed by atoms with van der Waals surface area (Å²) in [7, 11) is 0. The van der Waals surface area contributed by atoms with Gasteiger partial charge in [0, 0.05) is 16.9 Å². The lowest BCUT2D eigenvalue weighted by atomic mass is 10.2. The highest BCUT2D eigenvalue weighted by molar-refractivity contribution is 6.53. The largest absolute Gasteiger partial charge is 0.494 e. The predicted octanol–water partition coefficient (Wildman–Crippen LogP) is 5.17. The highest BCUT2D eigenvalue weighted by Crippen LogP contribution is 2.31. The van der Waals surface area contributed by atoms with Crippen LogP contribution >= 0.6 is 11.6 Å². The molecule has 0 aromatic heterocycles. The summed E-state index contributed by atoms with van der Waals surface area (Å²) in [6, 6.07) is 20.1. The topological polar surface area (TPSA) is 97.0 Å². The number of imide groups is 1. The number of nitrogens with zero attached hydrogens (tertiary/aromatic N) is 1. The minimum Gasteiger partial charge on any atom is -0.494 e. The average Bonchev–Trinajstić information content (AvgIpc) is 3.09. The van der Waals surface area contributed by atoms with E-state index in [0.717, 1.165) is 10.6 Å². The first-order chi connectivity index (χ1) is 17.4. The summed E-state index contributed by atoms with van der Waals surface area (Å²) >= 11 is 6.21. The molecule has 0 spiro atoms. The van der Waals surface area contributed by atoms with Gasteiger partial charge in [0.15, 0.2) is 0 Å². The Morgan fingerprint density at radius 1 is 0.778 bits per heavy atom. The maximum Gasteiger partial charge on any atom is 0.283 e. The molecule has 0 radical (unpaired) electrons. The third-order valence-electron chi connectivity index (χ3n) is 5.27. The first kappa shape index (κ1) is 24.8. The highest BCUT2D eigenvalue weighted by Gasteiger charge is 2.39. The zero-order valence-corrected chi connectivity index (χ0v) is 20.5. The maximum atomic E-state index is 13.0. The molecule has 4 rings (SSSR count). The van der Waals surface area contributed by atoms with E-state index in [9.17, 15) is 14.4 Å². The summed E-state index contributed by atoms with van der Waals surface area (Å²) in [5, 5.41) is 5.50. The van der Waals surface area contributed by atoms with Crippen LogP contribution in [0.15, 0.2) is 83.5 Å². The van der Waals surface area contributed by atoms with E-state index in [1.54, 1.807) is 72.8 Å². The van der Waals surface area contributed by atoms with Crippen LogP contribution in [0, 0.1) is 0 Å². The predicted molar refractivity (Wildman–Crippen MR) is 139 cm³/mol. The van der Waals surface area contributed by atoms with Gasteiger partial charge in [-0.1, -0.05) is 11.6 Å². The Morgan fingerprint density at radius 2 is 1.31 bits per heavy atom. The monoisotopic (exact) mass is 505 g/mol. The lowest BCUT2D eigenvalue weighted by Crippen LogP contribution is -2.32. The number of carbonyl (C=O) groups is 3. The van der Waals surface area contributed by atoms with Crippen molar-refractivity contribution in [2.45, 2.75) is 13.8 Å². The zero-order valence-electron chi connectivity index (χ0n) is 19.7. The Hall–Kier alpha value is -4.30. The van der Waals surface area contributed by atoms with E-state index in [-0.39, 0.29) is 16.6 Å². The van der Waals surface area contributed by atoms with E-state index < -0.39 is 11.8 Å². The number of benzene rings is 3. The number of rotatable bonds is 9. The molecular weight excluding hydrogens is 482 g/mol. The quantitative estimate of drug-likeness (QED) is 0.389. The van der Waals surface area contributed by atoms with Gasteiger partial charge in [-0.05, 0) is 86.6 Å². The molecule has 2 N–H and O–H groups in total. The van der Waals surface area contributed by atoms with Crippen LogP contribution in [-0.4, -0.2) is 30.9 Å². The minimum atomic E-state index is -0.625. The van der Waals surface area contributed by atoms with E-state index in [2.05, 4.69) is 10.6 Å². The van der Waals surface area contributed by atoms with Crippen molar-refractivity contribution in [3.63, 3.8) is 0 Å². The second kappa shape index (κ2) is 11.0. The summed E-state index contributed by atoms with van der Waals surface area (Å²) in [6.07, 6.45) is 0. The van der Waals surface area contributed by atoms with Gasteiger partial charge in [0.05, 0.1) is 18.9 Å². The molecule has 0 bridgehead atoms. The third-order valence-corrected chi connectivity index (χ3v) is 5.62. The number of carbonyl (C=O) groups excluding carboxylic acids is 3. The van der Waals surface area contributed by atoms with Crippen molar-refractivity contribution in [2.24, 2.45) is 0 Å². The molecule has 3 amide bonds. The van der Waals surface area contributed by atoms with Gasteiger partial charge in [-0.2, -0.15) is 0 Å². The number of hydrogen-bond donors (Lipinski definition) is 2. The molecule has 0 saturated carbocycles. The van der Waals surface area contributed by atoms with Crippen molar-refractivity contribution >= 4 is 46.4 Å². The van der Waals surface area contributed by atoms with Gasteiger partial charge < -0.3 is 20.1 Å². The van der Waals surface area contributed by atoms with E-state index >= 15 is 0 Å². The second-order valence-corrected chi connectivity index (χ2v) is 8.05. The van der Waals surface area contributed by atoms with Gasteiger partial charge in [-0.25, -0.2) is 4.90 Å². The molecule has 8 nitrogen and oxygen atoms in total. The van der Waals surface area contributed by atoms with Crippen molar-refractivity contribution in [1.82, 2.24) is 0 Å². The number of ether oxygens (including phenoxy) is 2. The number of halogens is 1. The first-order valence-corrected chi connectivity index (χ1v) is 11.7. The first-order valence-electron chi connectivity index (χ1n) is 11.3. The lowest BCUT2D eigenvalue weighted by Gasteiger charge is -2.15. The summed E-state index contributed by atoms with van der Waals surface area (Å²) in [5.41, 5.74) is 1.88. The van der Waals surface area contributed by atoms with Gasteiger partial charge in [-0.15, -0.1) is 0 Å². The molecule has 3 aromatic carbocycles. The Labute approximate surface area is 213 Å².